The summed E-state index contributed by atoms with van der Waals surface area (Å²) in [6.45, 7) is 2.62. The summed E-state index contributed by atoms with van der Waals surface area (Å²) < 4.78 is 5.48. The maximum Gasteiger partial charge on any atom is 0.410 e. The van der Waals surface area contributed by atoms with Gasteiger partial charge >= 0.3 is 6.09 Å². The molecule has 0 saturated carbocycles. The lowest BCUT2D eigenvalue weighted by molar-refractivity contribution is 0.0729. The lowest BCUT2D eigenvalue weighted by Crippen LogP contribution is -2.43. The van der Waals surface area contributed by atoms with Crippen LogP contribution in [0.1, 0.15) is 22.3 Å². The molecular formula is C22H21Cl2N5O3. The summed E-state index contributed by atoms with van der Waals surface area (Å²) in [5, 5.41) is 11.7. The number of fused-ring (bicyclic) bond motifs is 2. The van der Waals surface area contributed by atoms with E-state index in [4.69, 9.17) is 27.9 Å². The molecule has 0 aliphatic carbocycles. The number of piperidine rings is 1. The molecule has 0 bridgehead atoms. The van der Waals surface area contributed by atoms with Crippen LogP contribution in [-0.4, -0.2) is 63.4 Å². The Morgan fingerprint density at radius 2 is 1.69 bits per heavy atom. The van der Waals surface area contributed by atoms with Crippen molar-refractivity contribution in [3.05, 3.63) is 57.6 Å². The van der Waals surface area contributed by atoms with Crippen molar-refractivity contribution in [2.24, 2.45) is 11.8 Å². The van der Waals surface area contributed by atoms with E-state index in [1.165, 1.54) is 0 Å². The summed E-state index contributed by atoms with van der Waals surface area (Å²) in [7, 11) is 0. The standard InChI is InChI=1S/C22H21Cl2N5O3/c23-17-5-13(6-18(24)8-17)12-32-22(31)28-4-3-15-9-29(11-16(15)10-28)21(30)14-1-2-19-20(7-14)26-27-25-19/h1-2,5-8,15-16H,3-4,9-12H2,(H,25,26,27)/t15-,16+/m0/s1. The van der Waals surface area contributed by atoms with Gasteiger partial charge in [-0.3, -0.25) is 4.79 Å². The van der Waals surface area contributed by atoms with Crippen LogP contribution in [0.25, 0.3) is 11.0 Å². The Labute approximate surface area is 194 Å². The van der Waals surface area contributed by atoms with Crippen LogP contribution >= 0.6 is 23.2 Å². The molecule has 3 aromatic rings. The van der Waals surface area contributed by atoms with Crippen molar-refractivity contribution < 1.29 is 14.3 Å². The summed E-state index contributed by atoms with van der Waals surface area (Å²) in [6.07, 6.45) is 0.482. The van der Waals surface area contributed by atoms with E-state index in [9.17, 15) is 9.59 Å². The van der Waals surface area contributed by atoms with E-state index in [1.54, 1.807) is 41.3 Å². The van der Waals surface area contributed by atoms with Crippen LogP contribution in [0.4, 0.5) is 4.79 Å². The van der Waals surface area contributed by atoms with Crippen LogP contribution in [0.15, 0.2) is 36.4 Å². The number of amides is 2. The first-order chi connectivity index (χ1) is 15.5. The van der Waals surface area contributed by atoms with Crippen molar-refractivity contribution in [2.75, 3.05) is 26.2 Å². The summed E-state index contributed by atoms with van der Waals surface area (Å²) in [4.78, 5) is 29.2. The average molecular weight is 474 g/mol. The highest BCUT2D eigenvalue weighted by Gasteiger charge is 2.40. The van der Waals surface area contributed by atoms with E-state index < -0.39 is 0 Å². The summed E-state index contributed by atoms with van der Waals surface area (Å²) in [6, 6.07) is 10.4. The minimum absolute atomic E-state index is 0.0174. The number of nitrogens with one attached hydrogen (secondary N) is 1. The predicted octanol–water partition coefficient (Wildman–Crippen LogP) is 4.00. The fraction of sp³-hybridized carbons (Fsp3) is 0.364. The average Bonchev–Trinajstić information content (AvgIpc) is 3.42. The highest BCUT2D eigenvalue weighted by molar-refractivity contribution is 6.34. The van der Waals surface area contributed by atoms with Gasteiger partial charge in [0.25, 0.3) is 5.91 Å². The third kappa shape index (κ3) is 4.25. The van der Waals surface area contributed by atoms with Gasteiger partial charge in [0.05, 0.1) is 0 Å². The van der Waals surface area contributed by atoms with Gasteiger partial charge in [0, 0.05) is 41.8 Å². The van der Waals surface area contributed by atoms with Crippen molar-refractivity contribution in [1.82, 2.24) is 25.2 Å². The van der Waals surface area contributed by atoms with E-state index in [1.807, 2.05) is 4.90 Å². The van der Waals surface area contributed by atoms with E-state index in [0.29, 0.717) is 53.2 Å². The highest BCUT2D eigenvalue weighted by Crippen LogP contribution is 2.32. The first-order valence-electron chi connectivity index (χ1n) is 10.4. The van der Waals surface area contributed by atoms with Crippen LogP contribution < -0.4 is 0 Å². The number of benzene rings is 2. The number of aromatic amines is 1. The number of rotatable bonds is 3. The van der Waals surface area contributed by atoms with Crippen molar-refractivity contribution in [1.29, 1.82) is 0 Å². The molecule has 166 valence electrons. The number of likely N-dealkylation sites (tertiary alicyclic amines) is 2. The normalized spacial score (nSPS) is 20.4. The maximum absolute atomic E-state index is 13.0. The van der Waals surface area contributed by atoms with Crippen molar-refractivity contribution in [2.45, 2.75) is 13.0 Å². The number of hydrogen-bond acceptors (Lipinski definition) is 5. The zero-order valence-corrected chi connectivity index (χ0v) is 18.6. The summed E-state index contributed by atoms with van der Waals surface area (Å²) in [5.74, 6) is 0.596. The quantitative estimate of drug-likeness (QED) is 0.620. The molecule has 0 radical (unpaired) electrons. The Kier molecular flexibility index (Phi) is 5.65. The zero-order valence-electron chi connectivity index (χ0n) is 17.1. The van der Waals surface area contributed by atoms with Crippen LogP contribution in [-0.2, 0) is 11.3 Å². The molecule has 2 aliphatic rings. The van der Waals surface area contributed by atoms with Gasteiger partial charge in [-0.25, -0.2) is 4.79 Å². The second-order valence-corrected chi connectivity index (χ2v) is 9.20. The van der Waals surface area contributed by atoms with Gasteiger partial charge in [-0.1, -0.05) is 23.2 Å². The van der Waals surface area contributed by atoms with Crippen LogP contribution in [0, 0.1) is 11.8 Å². The van der Waals surface area contributed by atoms with Crippen LogP contribution in [0.2, 0.25) is 10.0 Å². The van der Waals surface area contributed by atoms with Crippen molar-refractivity contribution >= 4 is 46.2 Å². The first kappa shape index (κ1) is 21.0. The van der Waals surface area contributed by atoms with Gasteiger partial charge in [-0.15, -0.1) is 0 Å². The molecule has 2 atom stereocenters. The second kappa shape index (κ2) is 8.60. The minimum atomic E-state index is -0.360. The molecule has 32 heavy (non-hydrogen) atoms. The molecule has 10 heteroatoms. The third-order valence-electron chi connectivity index (χ3n) is 6.19. The summed E-state index contributed by atoms with van der Waals surface area (Å²) in [5.41, 5.74) is 2.74. The number of carbonyl (C=O) groups excluding carboxylic acids is 2. The summed E-state index contributed by atoms with van der Waals surface area (Å²) >= 11 is 12.0. The lowest BCUT2D eigenvalue weighted by atomic mass is 9.89. The molecule has 2 amide bonds. The van der Waals surface area contributed by atoms with E-state index in [0.717, 1.165) is 17.5 Å². The molecule has 8 nitrogen and oxygen atoms in total. The van der Waals surface area contributed by atoms with E-state index in [-0.39, 0.29) is 24.5 Å². The highest BCUT2D eigenvalue weighted by atomic mass is 35.5. The maximum atomic E-state index is 13.0. The van der Waals surface area contributed by atoms with E-state index in [2.05, 4.69) is 15.4 Å². The lowest BCUT2D eigenvalue weighted by Gasteiger charge is -2.33. The Bertz CT molecular complexity index is 1160. The molecule has 0 unspecified atom stereocenters. The van der Waals surface area contributed by atoms with E-state index >= 15 is 0 Å². The molecule has 0 spiro atoms. The molecule has 3 heterocycles. The molecule has 2 aliphatic heterocycles. The Hall–Kier alpha value is -2.84. The fourth-order valence-electron chi connectivity index (χ4n) is 4.59. The number of hydrogen-bond donors (Lipinski definition) is 1. The Morgan fingerprint density at radius 1 is 0.969 bits per heavy atom. The SMILES string of the molecule is O=C(OCc1cc(Cl)cc(Cl)c1)N1CC[C@H]2CN(C(=O)c3ccc4n[nH]nc4c3)C[C@H]2C1. The van der Waals surface area contributed by atoms with Crippen molar-refractivity contribution in [3.63, 3.8) is 0 Å². The molecule has 2 aromatic carbocycles. The predicted molar refractivity (Wildman–Crippen MR) is 120 cm³/mol. The molecule has 2 saturated heterocycles. The molecule has 1 N–H and O–H groups in total. The molecular weight excluding hydrogens is 453 g/mol. The zero-order chi connectivity index (χ0) is 22.2. The van der Waals surface area contributed by atoms with Crippen LogP contribution in [0.3, 0.4) is 0 Å². The smallest absolute Gasteiger partial charge is 0.410 e. The Morgan fingerprint density at radius 3 is 2.50 bits per heavy atom. The number of carbonyl (C=O) groups is 2. The van der Waals surface area contributed by atoms with Gasteiger partial charge < -0.3 is 14.5 Å². The van der Waals surface area contributed by atoms with Gasteiger partial charge in [0.2, 0.25) is 0 Å². The Balaban J connectivity index is 1.19. The number of nitrogens with zero attached hydrogens (tertiary/aromatic N) is 4. The number of ether oxygens (including phenoxy) is 1. The van der Waals surface area contributed by atoms with Gasteiger partial charge in [0.15, 0.2) is 0 Å². The van der Waals surface area contributed by atoms with Crippen molar-refractivity contribution in [3.8, 4) is 0 Å². The fourth-order valence-corrected chi connectivity index (χ4v) is 5.16. The number of aromatic nitrogens is 3. The monoisotopic (exact) mass is 473 g/mol. The van der Waals surface area contributed by atoms with Gasteiger partial charge in [-0.05, 0) is 60.2 Å². The topological polar surface area (TPSA) is 91.4 Å². The molecule has 1 aromatic heterocycles. The van der Waals surface area contributed by atoms with Gasteiger partial charge in [0.1, 0.15) is 17.6 Å². The van der Waals surface area contributed by atoms with Gasteiger partial charge in [-0.2, -0.15) is 15.4 Å². The molecule has 5 rings (SSSR count). The number of H-pyrrole nitrogens is 1. The largest absolute Gasteiger partial charge is 0.445 e. The third-order valence-corrected chi connectivity index (χ3v) is 6.63. The first-order valence-corrected chi connectivity index (χ1v) is 11.2. The number of halogens is 2. The second-order valence-electron chi connectivity index (χ2n) is 8.32. The molecule has 2 fully saturated rings. The van der Waals surface area contributed by atoms with Crippen LogP contribution in [0.5, 0.6) is 0 Å². The minimum Gasteiger partial charge on any atom is -0.445 e.